The van der Waals surface area contributed by atoms with Crippen LogP contribution in [-0.2, 0) is 4.79 Å². The zero-order chi connectivity index (χ0) is 13.2. The van der Waals surface area contributed by atoms with Crippen LogP contribution in [0.25, 0.3) is 0 Å². The standard InChI is InChI=1S/C15H18N2O/c1-15(2)10-13(15)14(18)17-12-7-5-11(6-8-12)4-3-9-16/h5-8,13H,9-10,16H2,1-2H3,(H,17,18). The van der Waals surface area contributed by atoms with Gasteiger partial charge in [-0.05, 0) is 36.1 Å². The first-order valence-electron chi connectivity index (χ1n) is 6.13. The second kappa shape index (κ2) is 4.83. The molecule has 3 heteroatoms. The summed E-state index contributed by atoms with van der Waals surface area (Å²) in [5, 5.41) is 2.93. The fourth-order valence-corrected chi connectivity index (χ4v) is 1.93. The highest BCUT2D eigenvalue weighted by atomic mass is 16.2. The average Bonchev–Trinajstić information content (AvgIpc) is 2.98. The van der Waals surface area contributed by atoms with E-state index in [0.29, 0.717) is 6.54 Å². The fourth-order valence-electron chi connectivity index (χ4n) is 1.93. The van der Waals surface area contributed by atoms with Crippen LogP contribution in [-0.4, -0.2) is 12.5 Å². The maximum absolute atomic E-state index is 11.9. The van der Waals surface area contributed by atoms with E-state index in [1.807, 2.05) is 24.3 Å². The first kappa shape index (κ1) is 12.7. The number of benzene rings is 1. The van der Waals surface area contributed by atoms with Crippen molar-refractivity contribution in [2.45, 2.75) is 20.3 Å². The van der Waals surface area contributed by atoms with Crippen molar-refractivity contribution < 1.29 is 4.79 Å². The van der Waals surface area contributed by atoms with E-state index in [1.54, 1.807) is 0 Å². The number of nitrogens with two attached hydrogens (primary N) is 1. The third kappa shape index (κ3) is 2.91. The normalized spacial score (nSPS) is 19.6. The lowest BCUT2D eigenvalue weighted by Gasteiger charge is -2.06. The van der Waals surface area contributed by atoms with Gasteiger partial charge in [-0.2, -0.15) is 0 Å². The summed E-state index contributed by atoms with van der Waals surface area (Å²) in [5.74, 6) is 6.00. The summed E-state index contributed by atoms with van der Waals surface area (Å²) in [6.45, 7) is 4.58. The molecule has 2 rings (SSSR count). The van der Waals surface area contributed by atoms with Crippen LogP contribution in [0.15, 0.2) is 24.3 Å². The Bertz CT molecular complexity index is 506. The maximum Gasteiger partial charge on any atom is 0.228 e. The zero-order valence-electron chi connectivity index (χ0n) is 10.8. The average molecular weight is 242 g/mol. The first-order valence-corrected chi connectivity index (χ1v) is 6.13. The molecule has 0 spiro atoms. The number of hydrogen-bond donors (Lipinski definition) is 2. The van der Waals surface area contributed by atoms with Crippen molar-refractivity contribution in [1.82, 2.24) is 0 Å². The van der Waals surface area contributed by atoms with Crippen LogP contribution in [0, 0.1) is 23.2 Å². The Hall–Kier alpha value is -1.79. The molecule has 0 bridgehead atoms. The molecule has 18 heavy (non-hydrogen) atoms. The molecule has 0 aliphatic heterocycles. The second-order valence-electron chi connectivity index (χ2n) is 5.32. The molecular formula is C15H18N2O. The van der Waals surface area contributed by atoms with Crippen LogP contribution >= 0.6 is 0 Å². The van der Waals surface area contributed by atoms with Gasteiger partial charge in [0.1, 0.15) is 0 Å². The number of nitrogens with one attached hydrogen (secondary N) is 1. The highest BCUT2D eigenvalue weighted by molar-refractivity contribution is 5.95. The molecule has 0 aromatic heterocycles. The van der Waals surface area contributed by atoms with Crippen molar-refractivity contribution in [2.24, 2.45) is 17.1 Å². The Morgan fingerprint density at radius 3 is 2.56 bits per heavy atom. The largest absolute Gasteiger partial charge is 0.326 e. The molecular weight excluding hydrogens is 224 g/mol. The smallest absolute Gasteiger partial charge is 0.228 e. The van der Waals surface area contributed by atoms with E-state index in [0.717, 1.165) is 17.7 Å². The Kier molecular flexibility index (Phi) is 3.40. The molecule has 0 heterocycles. The lowest BCUT2D eigenvalue weighted by atomic mass is 10.1. The Morgan fingerprint density at radius 2 is 2.06 bits per heavy atom. The highest BCUT2D eigenvalue weighted by Crippen LogP contribution is 2.51. The quantitative estimate of drug-likeness (QED) is 0.779. The molecule has 1 amide bonds. The molecule has 1 aliphatic rings. The molecule has 3 N–H and O–H groups in total. The molecule has 0 saturated heterocycles. The van der Waals surface area contributed by atoms with Gasteiger partial charge in [0.05, 0.1) is 6.54 Å². The lowest BCUT2D eigenvalue weighted by Crippen LogP contribution is -2.16. The fraction of sp³-hybridized carbons (Fsp3) is 0.400. The van der Waals surface area contributed by atoms with Crippen molar-refractivity contribution in [2.75, 3.05) is 11.9 Å². The number of hydrogen-bond acceptors (Lipinski definition) is 2. The highest BCUT2D eigenvalue weighted by Gasteiger charge is 2.50. The molecule has 1 aliphatic carbocycles. The van der Waals surface area contributed by atoms with Gasteiger partial charge in [-0.3, -0.25) is 4.79 Å². The van der Waals surface area contributed by atoms with Gasteiger partial charge in [0, 0.05) is 17.2 Å². The van der Waals surface area contributed by atoms with E-state index in [4.69, 9.17) is 5.73 Å². The van der Waals surface area contributed by atoms with Gasteiger partial charge in [-0.25, -0.2) is 0 Å². The van der Waals surface area contributed by atoms with Gasteiger partial charge >= 0.3 is 0 Å². The molecule has 1 fully saturated rings. The van der Waals surface area contributed by atoms with E-state index >= 15 is 0 Å². The van der Waals surface area contributed by atoms with E-state index in [2.05, 4.69) is 31.0 Å². The second-order valence-corrected chi connectivity index (χ2v) is 5.32. The molecule has 1 atom stereocenters. The maximum atomic E-state index is 11.9. The van der Waals surface area contributed by atoms with Crippen molar-refractivity contribution in [3.63, 3.8) is 0 Å². The van der Waals surface area contributed by atoms with Gasteiger partial charge in [0.2, 0.25) is 5.91 Å². The van der Waals surface area contributed by atoms with Crippen LogP contribution in [0.3, 0.4) is 0 Å². The van der Waals surface area contributed by atoms with Gasteiger partial charge in [0.25, 0.3) is 0 Å². The number of carbonyl (C=O) groups is 1. The molecule has 0 radical (unpaired) electrons. The minimum Gasteiger partial charge on any atom is -0.326 e. The predicted octanol–water partition coefficient (Wildman–Crippen LogP) is 1.98. The summed E-state index contributed by atoms with van der Waals surface area (Å²) in [5.41, 5.74) is 7.20. The summed E-state index contributed by atoms with van der Waals surface area (Å²) >= 11 is 0. The van der Waals surface area contributed by atoms with Crippen molar-refractivity contribution >= 4 is 11.6 Å². The van der Waals surface area contributed by atoms with Gasteiger partial charge in [0.15, 0.2) is 0 Å². The summed E-state index contributed by atoms with van der Waals surface area (Å²) in [7, 11) is 0. The number of amides is 1. The molecule has 3 nitrogen and oxygen atoms in total. The molecule has 94 valence electrons. The molecule has 1 saturated carbocycles. The minimum absolute atomic E-state index is 0.112. The van der Waals surface area contributed by atoms with Gasteiger partial charge in [-0.15, -0.1) is 0 Å². The first-order chi connectivity index (χ1) is 8.53. The van der Waals surface area contributed by atoms with Crippen molar-refractivity contribution in [1.29, 1.82) is 0 Å². The van der Waals surface area contributed by atoms with Crippen LogP contribution in [0.1, 0.15) is 25.8 Å². The summed E-state index contributed by atoms with van der Waals surface area (Å²) in [4.78, 5) is 11.9. The zero-order valence-corrected chi connectivity index (χ0v) is 10.8. The van der Waals surface area contributed by atoms with Crippen molar-refractivity contribution in [3.8, 4) is 11.8 Å². The van der Waals surface area contributed by atoms with Crippen LogP contribution < -0.4 is 11.1 Å². The molecule has 1 aromatic rings. The molecule has 1 aromatic carbocycles. The predicted molar refractivity (Wildman–Crippen MR) is 72.9 cm³/mol. The summed E-state index contributed by atoms with van der Waals surface area (Å²) in [6.07, 6.45) is 0.971. The third-order valence-corrected chi connectivity index (χ3v) is 3.32. The Morgan fingerprint density at radius 1 is 1.44 bits per heavy atom. The monoisotopic (exact) mass is 242 g/mol. The van der Waals surface area contributed by atoms with Gasteiger partial charge in [-0.1, -0.05) is 25.7 Å². The molecule has 1 unspecified atom stereocenters. The number of carbonyl (C=O) groups excluding carboxylic acids is 1. The van der Waals surface area contributed by atoms with E-state index in [1.165, 1.54) is 0 Å². The van der Waals surface area contributed by atoms with E-state index in [9.17, 15) is 4.79 Å². The van der Waals surface area contributed by atoms with E-state index in [-0.39, 0.29) is 17.2 Å². The number of anilines is 1. The SMILES string of the molecule is CC1(C)CC1C(=O)Nc1ccc(C#CCN)cc1. The van der Waals surface area contributed by atoms with Crippen LogP contribution in [0.5, 0.6) is 0 Å². The van der Waals surface area contributed by atoms with Crippen LogP contribution in [0.4, 0.5) is 5.69 Å². The van der Waals surface area contributed by atoms with Crippen LogP contribution in [0.2, 0.25) is 0 Å². The summed E-state index contributed by atoms with van der Waals surface area (Å²) in [6, 6.07) is 7.51. The Labute approximate surface area is 108 Å². The number of rotatable bonds is 2. The third-order valence-electron chi connectivity index (χ3n) is 3.32. The lowest BCUT2D eigenvalue weighted by molar-refractivity contribution is -0.117. The minimum atomic E-state index is 0.112. The van der Waals surface area contributed by atoms with E-state index < -0.39 is 0 Å². The Balaban J connectivity index is 1.96. The van der Waals surface area contributed by atoms with Crippen molar-refractivity contribution in [3.05, 3.63) is 29.8 Å². The van der Waals surface area contributed by atoms with Gasteiger partial charge < -0.3 is 11.1 Å². The topological polar surface area (TPSA) is 55.1 Å². The summed E-state index contributed by atoms with van der Waals surface area (Å²) < 4.78 is 0.